The van der Waals surface area contributed by atoms with Gasteiger partial charge in [-0.05, 0) is 24.1 Å². The average Bonchev–Trinajstić information content (AvgIpc) is 2.10. The highest BCUT2D eigenvalue weighted by molar-refractivity contribution is 6.32. The highest BCUT2D eigenvalue weighted by atomic mass is 35.5. The second kappa shape index (κ2) is 3.96. The van der Waals surface area contributed by atoms with Crippen LogP contribution in [0.5, 0.6) is 5.75 Å². The van der Waals surface area contributed by atoms with Crippen LogP contribution in [0, 0.1) is 6.92 Å². The Labute approximate surface area is 81.8 Å². The minimum atomic E-state index is -0.543. The third-order valence-corrected chi connectivity index (χ3v) is 2.23. The third-order valence-electron chi connectivity index (χ3n) is 1.82. The first-order chi connectivity index (χ1) is 6.06. The smallest absolute Gasteiger partial charge is 0.134 e. The molecule has 0 amide bonds. The molecule has 0 aromatic heterocycles. The molecule has 0 radical (unpaired) electrons. The van der Waals surface area contributed by atoms with Crippen molar-refractivity contribution in [3.05, 3.63) is 28.3 Å². The number of aryl methyl sites for hydroxylation is 1. The van der Waals surface area contributed by atoms with Gasteiger partial charge in [-0.15, -0.1) is 0 Å². The molecule has 72 valence electrons. The fourth-order valence-electron chi connectivity index (χ4n) is 1.15. The standard InChI is InChI=1S/C9H12ClNO2/c1-5-2-6(7(11)4-12)9(10)8(13)3-5/h2-3,7,12-13H,4,11H2,1H3. The molecular weight excluding hydrogens is 190 g/mol. The van der Waals surface area contributed by atoms with Crippen LogP contribution in [0.3, 0.4) is 0 Å². The number of aromatic hydroxyl groups is 1. The summed E-state index contributed by atoms with van der Waals surface area (Å²) < 4.78 is 0. The minimum Gasteiger partial charge on any atom is -0.506 e. The molecule has 0 bridgehead atoms. The monoisotopic (exact) mass is 201 g/mol. The van der Waals surface area contributed by atoms with Gasteiger partial charge in [0.2, 0.25) is 0 Å². The van der Waals surface area contributed by atoms with E-state index in [4.69, 9.17) is 22.4 Å². The van der Waals surface area contributed by atoms with E-state index in [1.54, 1.807) is 12.1 Å². The Hall–Kier alpha value is -0.770. The number of halogens is 1. The van der Waals surface area contributed by atoms with E-state index in [2.05, 4.69) is 0 Å². The zero-order valence-corrected chi connectivity index (χ0v) is 8.04. The predicted octanol–water partition coefficient (Wildman–Crippen LogP) is 1.35. The number of phenols is 1. The molecule has 1 atom stereocenters. The molecule has 4 heteroatoms. The predicted molar refractivity (Wildman–Crippen MR) is 51.9 cm³/mol. The summed E-state index contributed by atoms with van der Waals surface area (Å²) in [5.74, 6) is 0.000525. The van der Waals surface area contributed by atoms with Crippen LogP contribution in [0.15, 0.2) is 12.1 Å². The molecular formula is C9H12ClNO2. The summed E-state index contributed by atoms with van der Waals surface area (Å²) in [6, 6.07) is 2.76. The number of nitrogens with two attached hydrogens (primary N) is 1. The summed E-state index contributed by atoms with van der Waals surface area (Å²) in [5.41, 5.74) is 7.02. The lowest BCUT2D eigenvalue weighted by atomic mass is 10.1. The van der Waals surface area contributed by atoms with Crippen LogP contribution in [-0.2, 0) is 0 Å². The van der Waals surface area contributed by atoms with Gasteiger partial charge in [-0.1, -0.05) is 17.7 Å². The molecule has 1 rings (SSSR count). The van der Waals surface area contributed by atoms with Crippen LogP contribution in [0.4, 0.5) is 0 Å². The summed E-state index contributed by atoms with van der Waals surface area (Å²) in [7, 11) is 0. The molecule has 4 N–H and O–H groups in total. The van der Waals surface area contributed by atoms with E-state index in [-0.39, 0.29) is 17.4 Å². The zero-order valence-electron chi connectivity index (χ0n) is 7.29. The second-order valence-electron chi connectivity index (χ2n) is 2.98. The molecule has 1 unspecified atom stereocenters. The van der Waals surface area contributed by atoms with Gasteiger partial charge in [0.25, 0.3) is 0 Å². The summed E-state index contributed by atoms with van der Waals surface area (Å²) in [6.45, 7) is 1.63. The Morgan fingerprint density at radius 1 is 1.54 bits per heavy atom. The van der Waals surface area contributed by atoms with Crippen LogP contribution in [0.2, 0.25) is 5.02 Å². The number of aliphatic hydroxyl groups is 1. The van der Waals surface area contributed by atoms with Crippen LogP contribution in [-0.4, -0.2) is 16.8 Å². The third kappa shape index (κ3) is 2.12. The minimum absolute atomic E-state index is 0.000525. The molecule has 0 spiro atoms. The maximum atomic E-state index is 9.36. The number of rotatable bonds is 2. The van der Waals surface area contributed by atoms with Gasteiger partial charge in [0.05, 0.1) is 17.7 Å². The van der Waals surface area contributed by atoms with Gasteiger partial charge in [0.1, 0.15) is 5.75 Å². The van der Waals surface area contributed by atoms with Crippen molar-refractivity contribution in [2.45, 2.75) is 13.0 Å². The van der Waals surface area contributed by atoms with E-state index in [0.29, 0.717) is 5.56 Å². The van der Waals surface area contributed by atoms with Crippen molar-refractivity contribution in [2.24, 2.45) is 5.73 Å². The summed E-state index contributed by atoms with van der Waals surface area (Å²) >= 11 is 5.80. The van der Waals surface area contributed by atoms with Crippen molar-refractivity contribution < 1.29 is 10.2 Å². The molecule has 0 heterocycles. The maximum Gasteiger partial charge on any atom is 0.134 e. The van der Waals surface area contributed by atoms with E-state index in [0.717, 1.165) is 5.56 Å². The van der Waals surface area contributed by atoms with Crippen molar-refractivity contribution >= 4 is 11.6 Å². The molecule has 1 aromatic carbocycles. The van der Waals surface area contributed by atoms with Crippen LogP contribution < -0.4 is 5.73 Å². The Morgan fingerprint density at radius 2 is 2.15 bits per heavy atom. The largest absolute Gasteiger partial charge is 0.506 e. The van der Waals surface area contributed by atoms with Gasteiger partial charge >= 0.3 is 0 Å². The van der Waals surface area contributed by atoms with Gasteiger partial charge < -0.3 is 15.9 Å². The fourth-order valence-corrected chi connectivity index (χ4v) is 1.39. The Balaban J connectivity index is 3.20. The van der Waals surface area contributed by atoms with Crippen LogP contribution in [0.25, 0.3) is 0 Å². The lowest BCUT2D eigenvalue weighted by Gasteiger charge is -2.12. The fraction of sp³-hybridized carbons (Fsp3) is 0.333. The molecule has 1 aromatic rings. The Bertz CT molecular complexity index is 315. The SMILES string of the molecule is Cc1cc(O)c(Cl)c(C(N)CO)c1. The quantitative estimate of drug-likeness (QED) is 0.677. The zero-order chi connectivity index (χ0) is 10.0. The first-order valence-electron chi connectivity index (χ1n) is 3.91. The van der Waals surface area contributed by atoms with Crippen LogP contribution in [0.1, 0.15) is 17.2 Å². The lowest BCUT2D eigenvalue weighted by molar-refractivity contribution is 0.268. The molecule has 13 heavy (non-hydrogen) atoms. The Morgan fingerprint density at radius 3 is 2.69 bits per heavy atom. The van der Waals surface area contributed by atoms with Gasteiger partial charge in [-0.25, -0.2) is 0 Å². The topological polar surface area (TPSA) is 66.5 Å². The van der Waals surface area contributed by atoms with Gasteiger partial charge in [-0.2, -0.15) is 0 Å². The molecule has 0 saturated carbocycles. The number of hydrogen-bond donors (Lipinski definition) is 3. The lowest BCUT2D eigenvalue weighted by Crippen LogP contribution is -2.15. The van der Waals surface area contributed by atoms with E-state index in [1.165, 1.54) is 0 Å². The van der Waals surface area contributed by atoms with Crippen molar-refractivity contribution in [1.29, 1.82) is 0 Å². The number of hydrogen-bond acceptors (Lipinski definition) is 3. The van der Waals surface area contributed by atoms with Crippen molar-refractivity contribution in [3.8, 4) is 5.75 Å². The molecule has 0 aliphatic heterocycles. The van der Waals surface area contributed by atoms with Gasteiger partial charge in [0.15, 0.2) is 0 Å². The molecule has 0 aliphatic carbocycles. The number of benzene rings is 1. The summed E-state index contributed by atoms with van der Waals surface area (Å²) in [5, 5.41) is 18.4. The second-order valence-corrected chi connectivity index (χ2v) is 3.35. The molecule has 3 nitrogen and oxygen atoms in total. The molecule has 0 aliphatic rings. The average molecular weight is 202 g/mol. The summed E-state index contributed by atoms with van der Waals surface area (Å²) in [6.07, 6.45) is 0. The number of aliphatic hydroxyl groups excluding tert-OH is 1. The van der Waals surface area contributed by atoms with Crippen molar-refractivity contribution in [1.82, 2.24) is 0 Å². The van der Waals surface area contributed by atoms with Crippen molar-refractivity contribution in [3.63, 3.8) is 0 Å². The van der Waals surface area contributed by atoms with Crippen LogP contribution >= 0.6 is 11.6 Å². The van der Waals surface area contributed by atoms with Crippen molar-refractivity contribution in [2.75, 3.05) is 6.61 Å². The van der Waals surface area contributed by atoms with E-state index >= 15 is 0 Å². The normalized spacial score (nSPS) is 12.9. The van der Waals surface area contributed by atoms with Gasteiger partial charge in [-0.3, -0.25) is 0 Å². The van der Waals surface area contributed by atoms with E-state index < -0.39 is 6.04 Å². The van der Waals surface area contributed by atoms with E-state index in [1.807, 2.05) is 6.92 Å². The Kier molecular flexibility index (Phi) is 3.14. The first-order valence-corrected chi connectivity index (χ1v) is 4.29. The highest BCUT2D eigenvalue weighted by Crippen LogP contribution is 2.31. The van der Waals surface area contributed by atoms with E-state index in [9.17, 15) is 5.11 Å². The first kappa shape index (κ1) is 10.3. The highest BCUT2D eigenvalue weighted by Gasteiger charge is 2.12. The maximum absolute atomic E-state index is 9.36. The summed E-state index contributed by atoms with van der Waals surface area (Å²) in [4.78, 5) is 0. The molecule has 0 fully saturated rings. The number of phenolic OH excluding ortho intramolecular Hbond substituents is 1. The van der Waals surface area contributed by atoms with Gasteiger partial charge in [0, 0.05) is 0 Å². The molecule has 0 saturated heterocycles.